The molecule has 2 atom stereocenters. The highest BCUT2D eigenvalue weighted by atomic mass is 127. The van der Waals surface area contributed by atoms with E-state index < -0.39 is 0 Å². The smallest absolute Gasteiger partial charge is 0.0951 e. The Labute approximate surface area is 92.2 Å². The van der Waals surface area contributed by atoms with Crippen molar-refractivity contribution < 1.29 is 14.2 Å². The van der Waals surface area contributed by atoms with Crippen molar-refractivity contribution in [2.24, 2.45) is 0 Å². The average Bonchev–Trinajstić information content (AvgIpc) is 2.54. The zero-order valence-electron chi connectivity index (χ0n) is 7.58. The third-order valence-electron chi connectivity index (χ3n) is 2.50. The molecule has 2 aliphatic rings. The molecule has 0 bridgehead atoms. The lowest BCUT2D eigenvalue weighted by atomic mass is 10.1. The van der Waals surface area contributed by atoms with Gasteiger partial charge in [0.25, 0.3) is 0 Å². The van der Waals surface area contributed by atoms with Crippen LogP contribution in [0.3, 0.4) is 0 Å². The summed E-state index contributed by atoms with van der Waals surface area (Å²) in [4.78, 5) is 0. The lowest BCUT2D eigenvalue weighted by Crippen LogP contribution is -2.32. The van der Waals surface area contributed by atoms with Gasteiger partial charge in [-0.1, -0.05) is 22.6 Å². The molecule has 2 fully saturated rings. The van der Waals surface area contributed by atoms with E-state index in [2.05, 4.69) is 22.6 Å². The van der Waals surface area contributed by atoms with Crippen LogP contribution in [-0.4, -0.2) is 42.6 Å². The monoisotopic (exact) mass is 298 g/mol. The lowest BCUT2D eigenvalue weighted by Gasteiger charge is -2.26. The zero-order valence-corrected chi connectivity index (χ0v) is 9.73. The van der Waals surface area contributed by atoms with Crippen LogP contribution in [0.2, 0.25) is 0 Å². The van der Waals surface area contributed by atoms with Crippen LogP contribution in [0.4, 0.5) is 0 Å². The van der Waals surface area contributed by atoms with Gasteiger partial charge < -0.3 is 14.2 Å². The summed E-state index contributed by atoms with van der Waals surface area (Å²) >= 11 is 2.41. The summed E-state index contributed by atoms with van der Waals surface area (Å²) < 4.78 is 17.1. The molecule has 0 saturated carbocycles. The molecule has 0 aliphatic carbocycles. The van der Waals surface area contributed by atoms with Gasteiger partial charge in [0.1, 0.15) is 0 Å². The average molecular weight is 298 g/mol. The van der Waals surface area contributed by atoms with Crippen molar-refractivity contribution in [1.29, 1.82) is 0 Å². The Hall–Kier alpha value is 0.610. The quantitative estimate of drug-likeness (QED) is 0.569. The summed E-state index contributed by atoms with van der Waals surface area (Å²) in [5, 5.41) is 0. The molecule has 0 spiro atoms. The number of hydrogen-bond donors (Lipinski definition) is 0. The van der Waals surface area contributed by atoms with Crippen LogP contribution in [0.15, 0.2) is 0 Å². The largest absolute Gasteiger partial charge is 0.381 e. The first-order valence-electron chi connectivity index (χ1n) is 4.81. The van der Waals surface area contributed by atoms with E-state index in [1.807, 2.05) is 0 Å². The molecular formula is C9H15IO3. The molecule has 0 radical (unpaired) electrons. The van der Waals surface area contributed by atoms with Crippen molar-refractivity contribution >= 4 is 22.6 Å². The summed E-state index contributed by atoms with van der Waals surface area (Å²) in [6.45, 7) is 3.31. The summed E-state index contributed by atoms with van der Waals surface area (Å²) in [6, 6.07) is 0. The van der Waals surface area contributed by atoms with Gasteiger partial charge in [0.2, 0.25) is 0 Å². The fourth-order valence-corrected chi connectivity index (χ4v) is 2.32. The van der Waals surface area contributed by atoms with E-state index in [4.69, 9.17) is 14.2 Å². The van der Waals surface area contributed by atoms with Crippen LogP contribution in [0.1, 0.15) is 12.8 Å². The van der Waals surface area contributed by atoms with E-state index in [1.54, 1.807) is 0 Å². The number of hydrogen-bond acceptors (Lipinski definition) is 3. The Morgan fingerprint density at radius 3 is 2.46 bits per heavy atom. The fraction of sp³-hybridized carbons (Fsp3) is 1.00. The van der Waals surface area contributed by atoms with Crippen molar-refractivity contribution in [2.45, 2.75) is 29.0 Å². The van der Waals surface area contributed by atoms with Gasteiger partial charge in [-0.3, -0.25) is 0 Å². The molecular weight excluding hydrogens is 283 g/mol. The van der Waals surface area contributed by atoms with Gasteiger partial charge in [-0.15, -0.1) is 0 Å². The molecule has 0 N–H and O–H groups in total. The molecule has 0 aromatic rings. The maximum Gasteiger partial charge on any atom is 0.0951 e. The van der Waals surface area contributed by atoms with Crippen molar-refractivity contribution in [3.63, 3.8) is 0 Å². The minimum absolute atomic E-state index is 0.309. The summed E-state index contributed by atoms with van der Waals surface area (Å²) in [6.07, 6.45) is 2.79. The Bertz CT molecular complexity index is 159. The van der Waals surface area contributed by atoms with Crippen LogP contribution in [-0.2, 0) is 14.2 Å². The topological polar surface area (TPSA) is 27.7 Å². The van der Waals surface area contributed by atoms with Crippen LogP contribution < -0.4 is 0 Å². The maximum atomic E-state index is 5.95. The van der Waals surface area contributed by atoms with Gasteiger partial charge in [-0.25, -0.2) is 0 Å². The molecule has 76 valence electrons. The first-order valence-corrected chi connectivity index (χ1v) is 6.06. The molecule has 2 saturated heterocycles. The molecule has 0 aromatic heterocycles. The van der Waals surface area contributed by atoms with Gasteiger partial charge in [0.05, 0.1) is 29.3 Å². The number of halogens is 1. The Morgan fingerprint density at radius 1 is 1.08 bits per heavy atom. The van der Waals surface area contributed by atoms with Crippen molar-refractivity contribution in [1.82, 2.24) is 0 Å². The summed E-state index contributed by atoms with van der Waals surface area (Å²) in [7, 11) is 0. The number of rotatable bonds is 2. The minimum Gasteiger partial charge on any atom is -0.381 e. The third-order valence-corrected chi connectivity index (χ3v) is 3.66. The van der Waals surface area contributed by atoms with Crippen LogP contribution in [0.25, 0.3) is 0 Å². The lowest BCUT2D eigenvalue weighted by molar-refractivity contribution is -0.0665. The van der Waals surface area contributed by atoms with E-state index in [-0.39, 0.29) is 0 Å². The second-order valence-electron chi connectivity index (χ2n) is 3.54. The highest BCUT2D eigenvalue weighted by molar-refractivity contribution is 14.1. The molecule has 0 aromatic carbocycles. The third kappa shape index (κ3) is 2.78. The van der Waals surface area contributed by atoms with Crippen LogP contribution >= 0.6 is 22.6 Å². The highest BCUT2D eigenvalue weighted by Gasteiger charge is 2.29. The Kier molecular flexibility index (Phi) is 3.83. The van der Waals surface area contributed by atoms with E-state index in [0.717, 1.165) is 39.3 Å². The van der Waals surface area contributed by atoms with Crippen LogP contribution in [0.5, 0.6) is 0 Å². The van der Waals surface area contributed by atoms with Gasteiger partial charge in [0.15, 0.2) is 0 Å². The SMILES string of the molecule is IC1COCC1OC1CCOCC1. The fourth-order valence-electron chi connectivity index (χ4n) is 1.69. The van der Waals surface area contributed by atoms with E-state index in [0.29, 0.717) is 16.1 Å². The normalized spacial score (nSPS) is 36.7. The molecule has 4 heteroatoms. The molecule has 13 heavy (non-hydrogen) atoms. The zero-order chi connectivity index (χ0) is 9.10. The van der Waals surface area contributed by atoms with E-state index in [9.17, 15) is 0 Å². The van der Waals surface area contributed by atoms with Crippen molar-refractivity contribution in [2.75, 3.05) is 26.4 Å². The Balaban J connectivity index is 1.75. The molecule has 2 rings (SSSR count). The van der Waals surface area contributed by atoms with Gasteiger partial charge in [0, 0.05) is 13.2 Å². The predicted molar refractivity (Wildman–Crippen MR) is 57.3 cm³/mol. The summed E-state index contributed by atoms with van der Waals surface area (Å²) in [5.74, 6) is 0. The van der Waals surface area contributed by atoms with Crippen LogP contribution in [0, 0.1) is 0 Å². The standard InChI is InChI=1S/C9H15IO3/c10-8-5-12-6-9(8)13-7-1-3-11-4-2-7/h7-9H,1-6H2. The van der Waals surface area contributed by atoms with Gasteiger partial charge in [-0.05, 0) is 12.8 Å². The highest BCUT2D eigenvalue weighted by Crippen LogP contribution is 2.22. The number of ether oxygens (including phenoxy) is 3. The van der Waals surface area contributed by atoms with E-state index >= 15 is 0 Å². The second-order valence-corrected chi connectivity index (χ2v) is 5.14. The molecule has 3 nitrogen and oxygen atoms in total. The van der Waals surface area contributed by atoms with Crippen molar-refractivity contribution in [3.8, 4) is 0 Å². The number of alkyl halides is 1. The van der Waals surface area contributed by atoms with Gasteiger partial charge in [-0.2, -0.15) is 0 Å². The maximum absolute atomic E-state index is 5.95. The first kappa shape index (κ1) is 10.1. The van der Waals surface area contributed by atoms with E-state index in [1.165, 1.54) is 0 Å². The molecule has 2 heterocycles. The van der Waals surface area contributed by atoms with Gasteiger partial charge >= 0.3 is 0 Å². The first-order chi connectivity index (χ1) is 6.36. The predicted octanol–water partition coefficient (Wildman–Crippen LogP) is 1.38. The molecule has 2 aliphatic heterocycles. The summed E-state index contributed by atoms with van der Waals surface area (Å²) in [5.41, 5.74) is 0. The second kappa shape index (κ2) is 4.91. The minimum atomic E-state index is 0.309. The van der Waals surface area contributed by atoms with Crippen molar-refractivity contribution in [3.05, 3.63) is 0 Å². The molecule has 0 amide bonds. The Morgan fingerprint density at radius 2 is 1.85 bits per heavy atom. The molecule has 2 unspecified atom stereocenters.